The van der Waals surface area contributed by atoms with Crippen molar-refractivity contribution in [3.63, 3.8) is 0 Å². The van der Waals surface area contributed by atoms with Gasteiger partial charge in [0.25, 0.3) is 5.91 Å². The van der Waals surface area contributed by atoms with Crippen LogP contribution in [0, 0.1) is 25.1 Å². The topological polar surface area (TPSA) is 74.3 Å². The van der Waals surface area contributed by atoms with Gasteiger partial charge < -0.3 is 10.6 Å². The molecule has 1 heterocycles. The Hall–Kier alpha value is -2.66. The van der Waals surface area contributed by atoms with Crippen molar-refractivity contribution in [3.8, 4) is 0 Å². The second-order valence-electron chi connectivity index (χ2n) is 9.97. The summed E-state index contributed by atoms with van der Waals surface area (Å²) in [7, 11) is 5.09. The van der Waals surface area contributed by atoms with E-state index >= 15 is 0 Å². The molecule has 1 saturated carbocycles. The number of likely N-dealkylation sites (N-methyl/N-ethyl adjacent to an activating group) is 1. The lowest BCUT2D eigenvalue weighted by molar-refractivity contribution is -0.194. The predicted molar refractivity (Wildman–Crippen MR) is 140 cm³/mol. The van der Waals surface area contributed by atoms with Crippen LogP contribution in [0.3, 0.4) is 0 Å². The summed E-state index contributed by atoms with van der Waals surface area (Å²) in [6, 6.07) is 6.44. The van der Waals surface area contributed by atoms with Crippen LogP contribution >= 0.6 is 11.8 Å². The number of carbonyl (C=O) groups excluding carboxylic acids is 2. The molecule has 208 valence electrons. The van der Waals surface area contributed by atoms with Crippen LogP contribution in [0.1, 0.15) is 57.9 Å². The fourth-order valence-electron chi connectivity index (χ4n) is 4.51. The summed E-state index contributed by atoms with van der Waals surface area (Å²) in [6.45, 7) is 3.57. The van der Waals surface area contributed by atoms with Gasteiger partial charge in [0.1, 0.15) is 5.82 Å². The molecule has 0 aliphatic heterocycles. The number of aryl methyl sites for hydroxylation is 1. The maximum atomic E-state index is 14.7. The van der Waals surface area contributed by atoms with Gasteiger partial charge in [-0.2, -0.15) is 13.2 Å². The SMILES string of the molecule is CNC(=O)c1ccc(CS[C@@H](CNC(=O)C[C@H](c2ccc(C)nc2)C2(C(F)(F)F)CC2)N(C)C)c(C)c1F. The molecule has 2 atom stereocenters. The van der Waals surface area contributed by atoms with Gasteiger partial charge in [-0.1, -0.05) is 12.1 Å². The molecular formula is C27H34F4N4O2S. The number of rotatable bonds is 11. The van der Waals surface area contributed by atoms with Gasteiger partial charge in [-0.3, -0.25) is 19.5 Å². The number of hydrogen-bond acceptors (Lipinski definition) is 5. The maximum absolute atomic E-state index is 14.7. The molecule has 1 aromatic carbocycles. The zero-order chi connectivity index (χ0) is 28.3. The third-order valence-corrected chi connectivity index (χ3v) is 8.65. The molecule has 2 aromatic rings. The molecule has 0 spiro atoms. The average molecular weight is 555 g/mol. The number of thioether (sulfide) groups is 1. The van der Waals surface area contributed by atoms with Crippen molar-refractivity contribution in [3.05, 3.63) is 64.2 Å². The quantitative estimate of drug-likeness (QED) is 0.304. The molecule has 2 amide bonds. The van der Waals surface area contributed by atoms with Gasteiger partial charge in [-0.05, 0) is 69.6 Å². The third-order valence-electron chi connectivity index (χ3n) is 7.20. The summed E-state index contributed by atoms with van der Waals surface area (Å²) >= 11 is 1.46. The lowest BCUT2D eigenvalue weighted by Crippen LogP contribution is -2.40. The van der Waals surface area contributed by atoms with E-state index < -0.39 is 35.1 Å². The largest absolute Gasteiger partial charge is 0.395 e. The minimum Gasteiger partial charge on any atom is -0.355 e. The fraction of sp³-hybridized carbons (Fsp3) is 0.519. The second kappa shape index (κ2) is 12.0. The minimum absolute atomic E-state index is 0.00683. The van der Waals surface area contributed by atoms with Crippen molar-refractivity contribution in [2.45, 2.75) is 56.3 Å². The summed E-state index contributed by atoms with van der Waals surface area (Å²) in [5.74, 6) is -2.13. The number of pyridine rings is 1. The fourth-order valence-corrected chi connectivity index (χ4v) is 5.69. The highest BCUT2D eigenvalue weighted by molar-refractivity contribution is 7.99. The normalized spacial score (nSPS) is 16.2. The number of alkyl halides is 3. The van der Waals surface area contributed by atoms with E-state index in [9.17, 15) is 27.2 Å². The zero-order valence-electron chi connectivity index (χ0n) is 22.2. The molecule has 3 rings (SSSR count). The Morgan fingerprint density at radius 3 is 2.37 bits per heavy atom. The molecule has 6 nitrogen and oxygen atoms in total. The van der Waals surface area contributed by atoms with Crippen molar-refractivity contribution in [2.24, 2.45) is 5.41 Å². The van der Waals surface area contributed by atoms with E-state index in [1.54, 1.807) is 32.0 Å². The Kier molecular flexibility index (Phi) is 9.46. The second-order valence-corrected chi connectivity index (χ2v) is 11.1. The first kappa shape index (κ1) is 29.9. The third kappa shape index (κ3) is 6.66. The Balaban J connectivity index is 1.66. The predicted octanol–water partition coefficient (Wildman–Crippen LogP) is 4.95. The van der Waals surface area contributed by atoms with Gasteiger partial charge in [-0.25, -0.2) is 4.39 Å². The molecule has 0 radical (unpaired) electrons. The Morgan fingerprint density at radius 1 is 1.16 bits per heavy atom. The Labute approximate surface area is 225 Å². The van der Waals surface area contributed by atoms with E-state index in [0.29, 0.717) is 28.1 Å². The number of amides is 2. The molecule has 1 aliphatic carbocycles. The van der Waals surface area contributed by atoms with E-state index in [4.69, 9.17) is 0 Å². The zero-order valence-corrected chi connectivity index (χ0v) is 23.0. The van der Waals surface area contributed by atoms with E-state index in [0.717, 1.165) is 0 Å². The maximum Gasteiger partial charge on any atom is 0.395 e. The lowest BCUT2D eigenvalue weighted by Gasteiger charge is -2.30. The summed E-state index contributed by atoms with van der Waals surface area (Å²) in [4.78, 5) is 30.8. The highest BCUT2D eigenvalue weighted by atomic mass is 32.2. The van der Waals surface area contributed by atoms with E-state index in [1.807, 2.05) is 19.0 Å². The molecule has 0 unspecified atom stereocenters. The summed E-state index contributed by atoms with van der Waals surface area (Å²) in [6.07, 6.45) is -3.28. The number of aromatic nitrogens is 1. The van der Waals surface area contributed by atoms with Crippen LogP contribution < -0.4 is 10.6 Å². The van der Waals surface area contributed by atoms with Crippen LogP contribution in [0.4, 0.5) is 17.6 Å². The molecule has 1 fully saturated rings. The van der Waals surface area contributed by atoms with Crippen molar-refractivity contribution < 1.29 is 27.2 Å². The van der Waals surface area contributed by atoms with Gasteiger partial charge in [0.05, 0.1) is 16.4 Å². The standard InChI is InChI=1S/C27H34F4N4O2S/c1-16-6-7-18(13-33-16)21(26(10-11-26)27(29,30)31)12-22(36)34-14-23(35(4)5)38-15-19-8-9-20(25(37)32-3)24(28)17(19)2/h6-9,13,21,23H,10-12,14-15H2,1-5H3,(H,32,37)(H,34,36)/t21-,23+/m1/s1. The number of halogens is 4. The summed E-state index contributed by atoms with van der Waals surface area (Å²) < 4.78 is 56.6. The van der Waals surface area contributed by atoms with Crippen LogP contribution in [0.25, 0.3) is 0 Å². The molecule has 0 bridgehead atoms. The van der Waals surface area contributed by atoms with Crippen molar-refractivity contribution in [1.29, 1.82) is 0 Å². The smallest absolute Gasteiger partial charge is 0.355 e. The number of nitrogens with one attached hydrogen (secondary N) is 2. The monoisotopic (exact) mass is 554 g/mol. The van der Waals surface area contributed by atoms with Crippen LogP contribution in [0.5, 0.6) is 0 Å². The number of hydrogen-bond donors (Lipinski definition) is 2. The Bertz CT molecular complexity index is 1150. The Morgan fingerprint density at radius 2 is 1.84 bits per heavy atom. The van der Waals surface area contributed by atoms with Crippen LogP contribution in [0.15, 0.2) is 30.5 Å². The van der Waals surface area contributed by atoms with Gasteiger partial charge in [-0.15, -0.1) is 11.8 Å². The molecule has 1 aliphatic rings. The molecule has 1 aromatic heterocycles. The molecule has 38 heavy (non-hydrogen) atoms. The van der Waals surface area contributed by atoms with Gasteiger partial charge >= 0.3 is 6.18 Å². The molecule has 2 N–H and O–H groups in total. The first-order valence-corrected chi connectivity index (χ1v) is 13.4. The van der Waals surface area contributed by atoms with Gasteiger partial charge in [0, 0.05) is 43.6 Å². The average Bonchev–Trinajstić information content (AvgIpc) is 3.67. The summed E-state index contributed by atoms with van der Waals surface area (Å²) in [5, 5.41) is 5.01. The lowest BCUT2D eigenvalue weighted by atomic mass is 9.80. The molecule has 0 saturated heterocycles. The number of benzene rings is 1. The first-order chi connectivity index (χ1) is 17.8. The number of nitrogens with zero attached hydrogens (tertiary/aromatic N) is 2. The molecular weight excluding hydrogens is 520 g/mol. The van der Waals surface area contributed by atoms with Crippen molar-refractivity contribution in [1.82, 2.24) is 20.5 Å². The highest BCUT2D eigenvalue weighted by Gasteiger charge is 2.67. The number of carbonyl (C=O) groups is 2. The first-order valence-electron chi connectivity index (χ1n) is 12.3. The van der Waals surface area contributed by atoms with Crippen molar-refractivity contribution in [2.75, 3.05) is 27.7 Å². The van der Waals surface area contributed by atoms with Crippen LogP contribution in [0.2, 0.25) is 0 Å². The van der Waals surface area contributed by atoms with E-state index in [2.05, 4.69) is 15.6 Å². The minimum atomic E-state index is -4.41. The summed E-state index contributed by atoms with van der Waals surface area (Å²) in [5.41, 5.74) is 0.262. The van der Waals surface area contributed by atoms with Crippen LogP contribution in [-0.2, 0) is 10.5 Å². The van der Waals surface area contributed by atoms with Gasteiger partial charge in [0.2, 0.25) is 5.91 Å². The van der Waals surface area contributed by atoms with Crippen LogP contribution in [-0.4, -0.2) is 60.9 Å². The van der Waals surface area contributed by atoms with Crippen molar-refractivity contribution >= 4 is 23.6 Å². The molecule has 11 heteroatoms. The van der Waals surface area contributed by atoms with Gasteiger partial charge in [0.15, 0.2) is 0 Å². The highest BCUT2D eigenvalue weighted by Crippen LogP contribution is 2.66. The van der Waals surface area contributed by atoms with E-state index in [-0.39, 0.29) is 36.7 Å². The van der Waals surface area contributed by atoms with E-state index in [1.165, 1.54) is 31.1 Å².